The van der Waals surface area contributed by atoms with E-state index in [1.54, 1.807) is 10.6 Å². The Morgan fingerprint density at radius 1 is 1.13 bits per heavy atom. The largest absolute Gasteiger partial charge is 0.460 e. The molecule has 1 aliphatic carbocycles. The lowest BCUT2D eigenvalue weighted by Gasteiger charge is -2.31. The van der Waals surface area contributed by atoms with Crippen LogP contribution in [0.3, 0.4) is 0 Å². The maximum Gasteiger partial charge on any atom is 0.321 e. The summed E-state index contributed by atoms with van der Waals surface area (Å²) in [5.74, 6) is 0.901. The van der Waals surface area contributed by atoms with Crippen molar-refractivity contribution < 1.29 is 23.7 Å². The van der Waals surface area contributed by atoms with Gasteiger partial charge in [0.25, 0.3) is 5.56 Å². The molecule has 0 amide bonds. The van der Waals surface area contributed by atoms with Crippen LogP contribution in [0, 0.1) is 0 Å². The normalized spacial score (nSPS) is 26.5. The van der Waals surface area contributed by atoms with Gasteiger partial charge >= 0.3 is 5.97 Å². The van der Waals surface area contributed by atoms with Crippen LogP contribution in [-0.4, -0.2) is 29.5 Å². The summed E-state index contributed by atoms with van der Waals surface area (Å²) in [6.07, 6.45) is 0.911. The summed E-state index contributed by atoms with van der Waals surface area (Å²) in [4.78, 5) is 26.9. The van der Waals surface area contributed by atoms with Crippen LogP contribution < -0.4 is 15.0 Å². The predicted octanol–water partition coefficient (Wildman–Crippen LogP) is 2.44. The molecule has 3 atom stereocenters. The Morgan fingerprint density at radius 2 is 1.90 bits per heavy atom. The Morgan fingerprint density at radius 3 is 2.71 bits per heavy atom. The summed E-state index contributed by atoms with van der Waals surface area (Å²) < 4.78 is 24.6. The van der Waals surface area contributed by atoms with Crippen molar-refractivity contribution in [2.24, 2.45) is 0 Å². The number of pyridine rings is 1. The zero-order valence-corrected chi connectivity index (χ0v) is 16.6. The van der Waals surface area contributed by atoms with E-state index in [1.165, 1.54) is 0 Å². The number of hydrogen-bond donors (Lipinski definition) is 0. The van der Waals surface area contributed by atoms with Crippen molar-refractivity contribution in [3.63, 3.8) is 0 Å². The third-order valence-corrected chi connectivity index (χ3v) is 7.07. The number of nitrogens with zero attached hydrogens (tertiary/aromatic N) is 1. The third kappa shape index (κ3) is 2.21. The molecule has 2 aromatic carbocycles. The first-order chi connectivity index (χ1) is 15.2. The standard InChI is InChI=1S/C24H19NO6/c26-22-16-10-18-17(29-12-30-18)8-14(16)15-9-19-21(31-19)24(6-7-25(22)20(15)24)23(27)28-11-13-4-2-1-3-5-13/h1-5,8,10,19,21H,6-7,9,11-12H2/t19-,21-,24-/m1/s1. The summed E-state index contributed by atoms with van der Waals surface area (Å²) in [6.45, 7) is 0.814. The second-order valence-electron chi connectivity index (χ2n) is 8.62. The summed E-state index contributed by atoms with van der Waals surface area (Å²) in [7, 11) is 0. The highest BCUT2D eigenvalue weighted by Gasteiger charge is 2.67. The minimum atomic E-state index is -0.934. The third-order valence-electron chi connectivity index (χ3n) is 7.07. The molecule has 0 N–H and O–H groups in total. The maximum atomic E-state index is 13.5. The van der Waals surface area contributed by atoms with Crippen molar-refractivity contribution >= 4 is 16.7 Å². The van der Waals surface area contributed by atoms with Crippen LogP contribution in [0.5, 0.6) is 11.5 Å². The van der Waals surface area contributed by atoms with E-state index in [-0.39, 0.29) is 37.1 Å². The van der Waals surface area contributed by atoms with Crippen molar-refractivity contribution in [2.75, 3.05) is 6.79 Å². The van der Waals surface area contributed by atoms with Gasteiger partial charge in [0.15, 0.2) is 11.5 Å². The second-order valence-corrected chi connectivity index (χ2v) is 8.62. The fraction of sp³-hybridized carbons (Fsp3) is 0.333. The minimum Gasteiger partial charge on any atom is -0.460 e. The fourth-order valence-electron chi connectivity index (χ4n) is 5.62. The molecule has 4 aliphatic rings. The topological polar surface area (TPSA) is 79.3 Å². The first-order valence-electron chi connectivity index (χ1n) is 10.5. The number of hydrogen-bond acceptors (Lipinski definition) is 6. The van der Waals surface area contributed by atoms with Crippen LogP contribution in [0.25, 0.3) is 10.8 Å². The highest BCUT2D eigenvalue weighted by Crippen LogP contribution is 2.55. The lowest BCUT2D eigenvalue weighted by atomic mass is 9.71. The lowest BCUT2D eigenvalue weighted by Crippen LogP contribution is -2.46. The Labute approximate surface area is 177 Å². The first-order valence-corrected chi connectivity index (χ1v) is 10.5. The molecular formula is C24H19NO6. The van der Waals surface area contributed by atoms with Gasteiger partial charge in [-0.1, -0.05) is 30.3 Å². The van der Waals surface area contributed by atoms with Gasteiger partial charge in [0, 0.05) is 18.7 Å². The zero-order valence-electron chi connectivity index (χ0n) is 16.6. The number of carbonyl (C=O) groups is 1. The summed E-state index contributed by atoms with van der Waals surface area (Å²) >= 11 is 0. The summed E-state index contributed by atoms with van der Waals surface area (Å²) in [6, 6.07) is 13.2. The molecule has 31 heavy (non-hydrogen) atoms. The van der Waals surface area contributed by atoms with Gasteiger partial charge in [-0.15, -0.1) is 0 Å². The van der Waals surface area contributed by atoms with Crippen LogP contribution in [0.2, 0.25) is 0 Å². The minimum absolute atomic E-state index is 0.0329. The van der Waals surface area contributed by atoms with Gasteiger partial charge in [-0.25, -0.2) is 0 Å². The van der Waals surface area contributed by atoms with Crippen molar-refractivity contribution in [2.45, 2.75) is 43.6 Å². The molecule has 3 aliphatic heterocycles. The summed E-state index contributed by atoms with van der Waals surface area (Å²) in [5, 5.41) is 1.41. The molecule has 0 saturated carbocycles. The van der Waals surface area contributed by atoms with Gasteiger partial charge in [0.2, 0.25) is 6.79 Å². The van der Waals surface area contributed by atoms with E-state index in [4.69, 9.17) is 18.9 Å². The number of ether oxygens (including phenoxy) is 4. The van der Waals surface area contributed by atoms with E-state index in [2.05, 4.69) is 0 Å². The highest BCUT2D eigenvalue weighted by atomic mass is 16.7. The number of esters is 1. The van der Waals surface area contributed by atoms with E-state index < -0.39 is 5.41 Å². The Kier molecular flexibility index (Phi) is 3.30. The number of fused-ring (bicyclic) bond motifs is 5. The first kappa shape index (κ1) is 17.4. The average Bonchev–Trinajstić information content (AvgIpc) is 3.25. The molecule has 156 valence electrons. The molecule has 0 spiro atoms. The molecule has 7 nitrogen and oxygen atoms in total. The SMILES string of the molecule is O=C(OCc1ccccc1)[C@]12CCn3c1c(c1cc4c(cc1c3=O)OCO4)C[C@H]1O[C@H]12. The van der Waals surface area contributed by atoms with Gasteiger partial charge in [-0.3, -0.25) is 9.59 Å². The van der Waals surface area contributed by atoms with Crippen LogP contribution >= 0.6 is 0 Å². The van der Waals surface area contributed by atoms with Crippen molar-refractivity contribution in [3.05, 3.63) is 69.6 Å². The van der Waals surface area contributed by atoms with Crippen LogP contribution in [0.4, 0.5) is 0 Å². The van der Waals surface area contributed by atoms with Crippen LogP contribution in [-0.2, 0) is 39.3 Å². The van der Waals surface area contributed by atoms with Gasteiger partial charge in [-0.05, 0) is 35.1 Å². The van der Waals surface area contributed by atoms with E-state index in [9.17, 15) is 9.59 Å². The van der Waals surface area contributed by atoms with E-state index in [0.717, 1.165) is 22.2 Å². The molecule has 7 rings (SSSR count). The second kappa shape index (κ2) is 5.88. The van der Waals surface area contributed by atoms with Crippen LogP contribution in [0.1, 0.15) is 23.2 Å². The molecule has 1 saturated heterocycles. The zero-order chi connectivity index (χ0) is 20.7. The fourth-order valence-corrected chi connectivity index (χ4v) is 5.62. The van der Waals surface area contributed by atoms with Crippen molar-refractivity contribution in [1.82, 2.24) is 4.57 Å². The van der Waals surface area contributed by atoms with E-state index in [1.807, 2.05) is 36.4 Å². The lowest BCUT2D eigenvalue weighted by molar-refractivity contribution is -0.153. The molecular weight excluding hydrogens is 398 g/mol. The molecule has 4 heterocycles. The number of benzene rings is 2. The number of rotatable bonds is 3. The Hall–Kier alpha value is -3.32. The Balaban J connectivity index is 1.39. The van der Waals surface area contributed by atoms with Crippen LogP contribution in [0.15, 0.2) is 47.3 Å². The quantitative estimate of drug-likeness (QED) is 0.481. The molecule has 0 bridgehead atoms. The molecule has 7 heteroatoms. The van der Waals surface area contributed by atoms with Crippen molar-refractivity contribution in [3.8, 4) is 11.5 Å². The molecule has 0 radical (unpaired) electrons. The smallest absolute Gasteiger partial charge is 0.321 e. The van der Waals surface area contributed by atoms with Crippen molar-refractivity contribution in [1.29, 1.82) is 0 Å². The summed E-state index contributed by atoms with van der Waals surface area (Å²) in [5.41, 5.74) is 1.64. The van der Waals surface area contributed by atoms with Gasteiger partial charge in [0.1, 0.15) is 18.1 Å². The maximum absolute atomic E-state index is 13.5. The molecule has 1 fully saturated rings. The molecule has 0 unspecified atom stereocenters. The highest BCUT2D eigenvalue weighted by molar-refractivity contribution is 5.94. The predicted molar refractivity (Wildman–Crippen MR) is 109 cm³/mol. The van der Waals surface area contributed by atoms with Gasteiger partial charge in [-0.2, -0.15) is 0 Å². The van der Waals surface area contributed by atoms with Gasteiger partial charge < -0.3 is 23.5 Å². The van der Waals surface area contributed by atoms with E-state index in [0.29, 0.717) is 36.3 Å². The Bertz CT molecular complexity index is 1330. The molecule has 3 aromatic rings. The number of aromatic nitrogens is 1. The molecule has 1 aromatic heterocycles. The average molecular weight is 417 g/mol. The monoisotopic (exact) mass is 417 g/mol. The number of epoxide rings is 1. The number of carbonyl (C=O) groups excluding carboxylic acids is 1. The van der Waals surface area contributed by atoms with E-state index >= 15 is 0 Å². The van der Waals surface area contributed by atoms with Gasteiger partial charge in [0.05, 0.1) is 11.5 Å².